The first-order chi connectivity index (χ1) is 12.2. The third-order valence-electron chi connectivity index (χ3n) is 4.17. The molecule has 1 saturated heterocycles. The number of carbonyl (C=O) groups excluding carboxylic acids is 1. The van der Waals surface area contributed by atoms with E-state index in [4.69, 9.17) is 19.8 Å². The number of rotatable bonds is 4. The van der Waals surface area contributed by atoms with Crippen LogP contribution in [0.1, 0.15) is 32.3 Å². The Bertz CT molecular complexity index is 601. The van der Waals surface area contributed by atoms with Gasteiger partial charge in [-0.05, 0) is 43.4 Å². The Labute approximate surface area is 151 Å². The number of carboxylic acids is 2. The SMILES string of the molecule is CC1CCN(C(=O)C(C)NCc2ccc(F)cc2)CC1.O=C(O)C(=O)O. The number of nitrogens with zero attached hydrogens (tertiary/aromatic N) is 1. The van der Waals surface area contributed by atoms with Crippen molar-refractivity contribution in [1.82, 2.24) is 10.2 Å². The van der Waals surface area contributed by atoms with Gasteiger partial charge in [0, 0.05) is 19.6 Å². The fourth-order valence-electron chi connectivity index (χ4n) is 2.46. The van der Waals surface area contributed by atoms with Crippen LogP contribution in [0.5, 0.6) is 0 Å². The molecule has 0 bridgehead atoms. The van der Waals surface area contributed by atoms with Crippen molar-refractivity contribution >= 4 is 17.8 Å². The highest BCUT2D eigenvalue weighted by molar-refractivity contribution is 6.27. The fraction of sp³-hybridized carbons (Fsp3) is 0.500. The predicted molar refractivity (Wildman–Crippen MR) is 93.0 cm³/mol. The number of hydrogen-bond donors (Lipinski definition) is 3. The maximum Gasteiger partial charge on any atom is 0.414 e. The molecule has 1 atom stereocenters. The van der Waals surface area contributed by atoms with Crippen LogP contribution >= 0.6 is 0 Å². The number of hydrogen-bond acceptors (Lipinski definition) is 4. The molecule has 3 N–H and O–H groups in total. The van der Waals surface area contributed by atoms with E-state index < -0.39 is 11.9 Å². The summed E-state index contributed by atoms with van der Waals surface area (Å²) in [5.74, 6) is -2.99. The molecule has 1 aromatic carbocycles. The van der Waals surface area contributed by atoms with Crippen LogP contribution in [0.25, 0.3) is 0 Å². The molecule has 0 radical (unpaired) electrons. The van der Waals surface area contributed by atoms with Crippen LogP contribution < -0.4 is 5.32 Å². The zero-order valence-electron chi connectivity index (χ0n) is 14.9. The van der Waals surface area contributed by atoms with Crippen molar-refractivity contribution in [3.05, 3.63) is 35.6 Å². The van der Waals surface area contributed by atoms with E-state index in [0.717, 1.165) is 37.4 Å². The average Bonchev–Trinajstić information content (AvgIpc) is 2.61. The highest BCUT2D eigenvalue weighted by Gasteiger charge is 2.23. The number of piperidine rings is 1. The van der Waals surface area contributed by atoms with Crippen LogP contribution in [0.3, 0.4) is 0 Å². The van der Waals surface area contributed by atoms with Crippen molar-refractivity contribution in [1.29, 1.82) is 0 Å². The molecule has 0 spiro atoms. The van der Waals surface area contributed by atoms with E-state index in [2.05, 4.69) is 12.2 Å². The Kier molecular flexibility index (Phi) is 8.71. The Balaban J connectivity index is 0.000000487. The lowest BCUT2D eigenvalue weighted by Crippen LogP contribution is -2.47. The van der Waals surface area contributed by atoms with Crippen molar-refractivity contribution < 1.29 is 29.0 Å². The maximum absolute atomic E-state index is 12.8. The van der Waals surface area contributed by atoms with Gasteiger partial charge >= 0.3 is 11.9 Å². The summed E-state index contributed by atoms with van der Waals surface area (Å²) >= 11 is 0. The Morgan fingerprint density at radius 3 is 2.12 bits per heavy atom. The smallest absolute Gasteiger partial charge is 0.414 e. The average molecular weight is 368 g/mol. The van der Waals surface area contributed by atoms with Crippen molar-refractivity contribution in [2.75, 3.05) is 13.1 Å². The van der Waals surface area contributed by atoms with Gasteiger partial charge < -0.3 is 20.4 Å². The summed E-state index contributed by atoms with van der Waals surface area (Å²) in [6, 6.07) is 6.16. The second kappa shape index (κ2) is 10.5. The molecular formula is C18H25FN2O5. The number of likely N-dealkylation sites (tertiary alicyclic amines) is 1. The summed E-state index contributed by atoms with van der Waals surface area (Å²) in [5.41, 5.74) is 0.985. The van der Waals surface area contributed by atoms with Gasteiger partial charge in [0.05, 0.1) is 6.04 Å². The number of amides is 1. The van der Waals surface area contributed by atoms with Crippen LogP contribution in [-0.2, 0) is 20.9 Å². The predicted octanol–water partition coefficient (Wildman–Crippen LogP) is 1.72. The molecule has 1 aromatic rings. The zero-order chi connectivity index (χ0) is 19.7. The molecule has 0 aliphatic carbocycles. The summed E-state index contributed by atoms with van der Waals surface area (Å²) < 4.78 is 12.8. The molecule has 1 unspecified atom stereocenters. The first kappa shape index (κ1) is 21.6. The van der Waals surface area contributed by atoms with Crippen molar-refractivity contribution in [2.24, 2.45) is 5.92 Å². The molecule has 26 heavy (non-hydrogen) atoms. The van der Waals surface area contributed by atoms with E-state index in [1.807, 2.05) is 11.8 Å². The zero-order valence-corrected chi connectivity index (χ0v) is 14.9. The van der Waals surface area contributed by atoms with Gasteiger partial charge in [0.1, 0.15) is 5.82 Å². The molecule has 1 fully saturated rings. The van der Waals surface area contributed by atoms with Gasteiger partial charge in [-0.25, -0.2) is 14.0 Å². The number of carbonyl (C=O) groups is 3. The second-order valence-electron chi connectivity index (χ2n) is 6.35. The van der Waals surface area contributed by atoms with Crippen molar-refractivity contribution in [3.8, 4) is 0 Å². The molecular weight excluding hydrogens is 343 g/mol. The second-order valence-corrected chi connectivity index (χ2v) is 6.35. The molecule has 144 valence electrons. The van der Waals surface area contributed by atoms with Crippen LogP contribution in [-0.4, -0.2) is 52.1 Å². The van der Waals surface area contributed by atoms with E-state index in [9.17, 15) is 9.18 Å². The number of aliphatic carboxylic acids is 2. The third-order valence-corrected chi connectivity index (χ3v) is 4.17. The molecule has 0 aromatic heterocycles. The van der Waals surface area contributed by atoms with Gasteiger partial charge in [-0.2, -0.15) is 0 Å². The first-order valence-electron chi connectivity index (χ1n) is 8.43. The Morgan fingerprint density at radius 1 is 1.15 bits per heavy atom. The molecule has 1 heterocycles. The van der Waals surface area contributed by atoms with Gasteiger partial charge in [-0.15, -0.1) is 0 Å². The summed E-state index contributed by atoms with van der Waals surface area (Å²) in [6.07, 6.45) is 2.19. The minimum Gasteiger partial charge on any atom is -0.473 e. The van der Waals surface area contributed by atoms with Crippen molar-refractivity contribution in [3.63, 3.8) is 0 Å². The summed E-state index contributed by atoms with van der Waals surface area (Å²) in [5, 5.41) is 18.0. The van der Waals surface area contributed by atoms with Crippen LogP contribution in [0.2, 0.25) is 0 Å². The fourth-order valence-corrected chi connectivity index (χ4v) is 2.46. The largest absolute Gasteiger partial charge is 0.473 e. The Morgan fingerprint density at radius 2 is 1.65 bits per heavy atom. The van der Waals surface area contributed by atoms with E-state index in [1.165, 1.54) is 12.1 Å². The van der Waals surface area contributed by atoms with Crippen LogP contribution in [0.4, 0.5) is 4.39 Å². The van der Waals surface area contributed by atoms with E-state index in [1.54, 1.807) is 12.1 Å². The van der Waals surface area contributed by atoms with Gasteiger partial charge in [0.15, 0.2) is 0 Å². The lowest BCUT2D eigenvalue weighted by atomic mass is 9.99. The normalized spacial score (nSPS) is 15.6. The number of nitrogens with one attached hydrogen (secondary N) is 1. The molecule has 7 nitrogen and oxygen atoms in total. The summed E-state index contributed by atoms with van der Waals surface area (Å²) in [6.45, 7) is 6.44. The monoisotopic (exact) mass is 368 g/mol. The summed E-state index contributed by atoms with van der Waals surface area (Å²) in [4.78, 5) is 32.4. The number of halogens is 1. The highest BCUT2D eigenvalue weighted by Crippen LogP contribution is 2.16. The molecule has 8 heteroatoms. The molecule has 1 aliphatic rings. The lowest BCUT2D eigenvalue weighted by molar-refractivity contribution is -0.159. The van der Waals surface area contributed by atoms with E-state index in [0.29, 0.717) is 6.54 Å². The number of benzene rings is 1. The third kappa shape index (κ3) is 7.60. The topological polar surface area (TPSA) is 107 Å². The van der Waals surface area contributed by atoms with Crippen LogP contribution in [0.15, 0.2) is 24.3 Å². The maximum atomic E-state index is 12.8. The summed E-state index contributed by atoms with van der Waals surface area (Å²) in [7, 11) is 0. The molecule has 2 rings (SSSR count). The standard InChI is InChI=1S/C16H23FN2O.C2H2O4/c1-12-7-9-19(10-8-12)16(20)13(2)18-11-14-3-5-15(17)6-4-14;3-1(4)2(5)6/h3-6,12-13,18H,7-11H2,1-2H3;(H,3,4)(H,5,6). The van der Waals surface area contributed by atoms with E-state index >= 15 is 0 Å². The quantitative estimate of drug-likeness (QED) is 0.699. The van der Waals surface area contributed by atoms with Crippen molar-refractivity contribution in [2.45, 2.75) is 39.3 Å². The van der Waals surface area contributed by atoms with Gasteiger partial charge in [-0.3, -0.25) is 4.79 Å². The Hall–Kier alpha value is -2.48. The minimum atomic E-state index is -1.82. The molecule has 1 amide bonds. The minimum absolute atomic E-state index is 0.166. The lowest BCUT2D eigenvalue weighted by Gasteiger charge is -2.32. The van der Waals surface area contributed by atoms with Gasteiger partial charge in [0.2, 0.25) is 5.91 Å². The van der Waals surface area contributed by atoms with Gasteiger partial charge in [-0.1, -0.05) is 19.1 Å². The number of carboxylic acid groups (broad SMARTS) is 2. The molecule has 1 aliphatic heterocycles. The van der Waals surface area contributed by atoms with E-state index in [-0.39, 0.29) is 17.8 Å². The first-order valence-corrected chi connectivity index (χ1v) is 8.43. The molecule has 0 saturated carbocycles. The van der Waals surface area contributed by atoms with Crippen LogP contribution in [0, 0.1) is 11.7 Å². The van der Waals surface area contributed by atoms with Gasteiger partial charge in [0.25, 0.3) is 0 Å². The highest BCUT2D eigenvalue weighted by atomic mass is 19.1.